The van der Waals surface area contributed by atoms with Gasteiger partial charge < -0.3 is 20.1 Å². The fourth-order valence-corrected chi connectivity index (χ4v) is 4.04. The van der Waals surface area contributed by atoms with E-state index in [2.05, 4.69) is 15.6 Å². The van der Waals surface area contributed by atoms with Crippen LogP contribution in [-0.2, 0) is 4.79 Å². The van der Waals surface area contributed by atoms with E-state index in [-0.39, 0.29) is 18.3 Å². The van der Waals surface area contributed by atoms with Crippen LogP contribution < -0.4 is 20.1 Å². The van der Waals surface area contributed by atoms with Gasteiger partial charge in [-0.1, -0.05) is 29.8 Å². The highest BCUT2D eigenvalue weighted by molar-refractivity contribution is 6.31. The van der Waals surface area contributed by atoms with Gasteiger partial charge in [-0.2, -0.15) is 0 Å². The van der Waals surface area contributed by atoms with E-state index in [4.69, 9.17) is 21.1 Å². The molecule has 0 saturated carbocycles. The van der Waals surface area contributed by atoms with E-state index in [0.717, 1.165) is 41.5 Å². The number of allylic oxidation sites excluding steroid dienone is 1. The third-order valence-corrected chi connectivity index (χ3v) is 6.23. The minimum atomic E-state index is -0.172. The number of carbonyl (C=O) groups is 2. The number of hydrogen-bond acceptors (Lipinski definition) is 6. The second-order valence-electron chi connectivity index (χ2n) is 8.79. The highest BCUT2D eigenvalue weighted by Crippen LogP contribution is 2.24. The van der Waals surface area contributed by atoms with Crippen molar-refractivity contribution in [3.05, 3.63) is 101 Å². The molecule has 1 heterocycles. The first-order valence-corrected chi connectivity index (χ1v) is 13.0. The van der Waals surface area contributed by atoms with Gasteiger partial charge in [-0.25, -0.2) is 0 Å². The predicted octanol–water partition coefficient (Wildman–Crippen LogP) is 6.18. The number of fused-ring (bicyclic) bond motifs is 1. The predicted molar refractivity (Wildman–Crippen MR) is 156 cm³/mol. The van der Waals surface area contributed by atoms with Crippen molar-refractivity contribution in [2.45, 2.75) is 12.8 Å². The van der Waals surface area contributed by atoms with Gasteiger partial charge in [0.1, 0.15) is 11.5 Å². The first-order valence-electron chi connectivity index (χ1n) is 12.7. The normalized spacial score (nSPS) is 10.9. The van der Waals surface area contributed by atoms with Gasteiger partial charge in [0, 0.05) is 40.9 Å². The fraction of sp³-hybridized carbons (Fsp3) is 0.194. The Hall–Kier alpha value is -4.36. The number of nitrogens with one attached hydrogen (secondary N) is 2. The largest absolute Gasteiger partial charge is 0.497 e. The maximum atomic E-state index is 12.3. The molecule has 1 aromatic heterocycles. The standard InChI is InChI=1S/C31H30ClN3O4/c1-38-25-12-7-23(8-13-25)30(36)15-6-22-4-10-26(11-5-22)39-21-31(37)35-18-3-2-17-33-28-16-19-34-29-20-24(32)9-14-27(28)29/h4-16,19-20H,2-3,17-18,21H2,1H3,(H,33,34)(H,35,37)/b15-6+. The van der Waals surface area contributed by atoms with E-state index in [1.165, 1.54) is 6.08 Å². The summed E-state index contributed by atoms with van der Waals surface area (Å²) < 4.78 is 10.7. The average molecular weight is 544 g/mol. The molecule has 200 valence electrons. The number of nitrogens with zero attached hydrogens (tertiary/aromatic N) is 1. The highest BCUT2D eigenvalue weighted by Gasteiger charge is 2.05. The summed E-state index contributed by atoms with van der Waals surface area (Å²) in [5, 5.41) is 8.00. The van der Waals surface area contributed by atoms with Gasteiger partial charge in [-0.05, 0) is 85.1 Å². The maximum absolute atomic E-state index is 12.3. The van der Waals surface area contributed by atoms with Crippen molar-refractivity contribution >= 4 is 46.0 Å². The van der Waals surface area contributed by atoms with Crippen LogP contribution in [0, 0.1) is 0 Å². The summed E-state index contributed by atoms with van der Waals surface area (Å²) in [5.74, 6) is 1.02. The van der Waals surface area contributed by atoms with Crippen LogP contribution in [0.5, 0.6) is 11.5 Å². The van der Waals surface area contributed by atoms with Crippen molar-refractivity contribution < 1.29 is 19.1 Å². The van der Waals surface area contributed by atoms with Crippen molar-refractivity contribution in [2.75, 3.05) is 32.1 Å². The first kappa shape index (κ1) is 27.7. The van der Waals surface area contributed by atoms with Crippen molar-refractivity contribution in [1.29, 1.82) is 0 Å². The minimum absolute atomic E-state index is 0.0606. The molecular formula is C31H30ClN3O4. The monoisotopic (exact) mass is 543 g/mol. The lowest BCUT2D eigenvalue weighted by molar-refractivity contribution is -0.123. The molecule has 4 rings (SSSR count). The topological polar surface area (TPSA) is 89.5 Å². The number of ketones is 1. The molecule has 0 aliphatic carbocycles. The summed E-state index contributed by atoms with van der Waals surface area (Å²) in [6.07, 6.45) is 6.76. The third-order valence-electron chi connectivity index (χ3n) is 6.00. The van der Waals surface area contributed by atoms with E-state index >= 15 is 0 Å². The van der Waals surface area contributed by atoms with Crippen molar-refractivity contribution in [1.82, 2.24) is 10.3 Å². The molecule has 0 saturated heterocycles. The van der Waals surface area contributed by atoms with Gasteiger partial charge in [0.2, 0.25) is 0 Å². The number of rotatable bonds is 13. The lowest BCUT2D eigenvalue weighted by atomic mass is 10.1. The maximum Gasteiger partial charge on any atom is 0.257 e. The van der Waals surface area contributed by atoms with Crippen molar-refractivity contribution in [3.8, 4) is 11.5 Å². The number of pyridine rings is 1. The number of halogens is 1. The number of benzene rings is 3. The Labute approximate surface area is 232 Å². The van der Waals surface area contributed by atoms with Crippen LogP contribution in [0.1, 0.15) is 28.8 Å². The number of aromatic nitrogens is 1. The zero-order valence-corrected chi connectivity index (χ0v) is 22.4. The van der Waals surface area contributed by atoms with E-state index in [1.54, 1.807) is 55.8 Å². The van der Waals surface area contributed by atoms with Gasteiger partial charge in [0.05, 0.1) is 12.6 Å². The van der Waals surface area contributed by atoms with Gasteiger partial charge in [-0.3, -0.25) is 14.6 Å². The van der Waals surface area contributed by atoms with Crippen LogP contribution >= 0.6 is 11.6 Å². The molecule has 7 nitrogen and oxygen atoms in total. The number of unbranched alkanes of at least 4 members (excludes halogenated alkanes) is 1. The molecule has 0 radical (unpaired) electrons. The molecule has 0 atom stereocenters. The van der Waals surface area contributed by atoms with E-state index in [1.807, 2.05) is 36.4 Å². The summed E-state index contributed by atoms with van der Waals surface area (Å²) in [6.45, 7) is 1.29. The Morgan fingerprint density at radius 1 is 0.923 bits per heavy atom. The summed E-state index contributed by atoms with van der Waals surface area (Å²) in [6, 6.07) is 21.8. The average Bonchev–Trinajstić information content (AvgIpc) is 2.97. The number of methoxy groups -OCH3 is 1. The smallest absolute Gasteiger partial charge is 0.257 e. The zero-order valence-electron chi connectivity index (χ0n) is 21.7. The molecule has 3 aromatic carbocycles. The molecule has 2 N–H and O–H groups in total. The highest BCUT2D eigenvalue weighted by atomic mass is 35.5. The molecule has 39 heavy (non-hydrogen) atoms. The Morgan fingerprint density at radius 2 is 1.67 bits per heavy atom. The summed E-state index contributed by atoms with van der Waals surface area (Å²) in [5.41, 5.74) is 3.30. The Balaban J connectivity index is 1.12. The first-order chi connectivity index (χ1) is 19.0. The number of ether oxygens (including phenoxy) is 2. The SMILES string of the molecule is COc1ccc(C(=O)/C=C/c2ccc(OCC(=O)NCCCCNc3ccnc4cc(Cl)ccc34)cc2)cc1. The van der Waals surface area contributed by atoms with Gasteiger partial charge >= 0.3 is 0 Å². The van der Waals surface area contributed by atoms with Gasteiger partial charge in [-0.15, -0.1) is 0 Å². The third kappa shape index (κ3) is 8.32. The van der Waals surface area contributed by atoms with Gasteiger partial charge in [0.25, 0.3) is 5.91 Å². The van der Waals surface area contributed by atoms with Crippen LogP contribution in [0.2, 0.25) is 5.02 Å². The molecular weight excluding hydrogens is 514 g/mol. The molecule has 1 amide bonds. The second-order valence-corrected chi connectivity index (χ2v) is 9.22. The van der Waals surface area contributed by atoms with Crippen molar-refractivity contribution in [2.24, 2.45) is 0 Å². The van der Waals surface area contributed by atoms with Crippen molar-refractivity contribution in [3.63, 3.8) is 0 Å². The Bertz CT molecular complexity index is 1440. The van der Waals surface area contributed by atoms with E-state index in [9.17, 15) is 9.59 Å². The number of carbonyl (C=O) groups excluding carboxylic acids is 2. The quantitative estimate of drug-likeness (QED) is 0.119. The Kier molecular flexibility index (Phi) is 9.92. The fourth-order valence-electron chi connectivity index (χ4n) is 3.87. The van der Waals surface area contributed by atoms with Crippen LogP contribution in [0.3, 0.4) is 0 Å². The summed E-state index contributed by atoms with van der Waals surface area (Å²) >= 11 is 6.05. The number of amides is 1. The van der Waals surface area contributed by atoms with Gasteiger partial charge in [0.15, 0.2) is 12.4 Å². The second kappa shape index (κ2) is 14.0. The number of anilines is 1. The molecule has 0 fully saturated rings. The number of hydrogen-bond donors (Lipinski definition) is 2. The van der Waals surface area contributed by atoms with Crippen LogP contribution in [-0.4, -0.2) is 43.5 Å². The van der Waals surface area contributed by atoms with E-state index in [0.29, 0.717) is 28.6 Å². The molecule has 0 aliphatic heterocycles. The van der Waals surface area contributed by atoms with E-state index < -0.39 is 0 Å². The molecule has 0 aliphatic rings. The van der Waals surface area contributed by atoms with Crippen LogP contribution in [0.4, 0.5) is 5.69 Å². The molecule has 4 aromatic rings. The molecule has 0 spiro atoms. The summed E-state index contributed by atoms with van der Waals surface area (Å²) in [4.78, 5) is 28.8. The molecule has 8 heteroatoms. The molecule has 0 unspecified atom stereocenters. The van der Waals surface area contributed by atoms with Crippen LogP contribution in [0.15, 0.2) is 85.1 Å². The van der Waals surface area contributed by atoms with Crippen LogP contribution in [0.25, 0.3) is 17.0 Å². The lowest BCUT2D eigenvalue weighted by Gasteiger charge is -2.10. The zero-order chi connectivity index (χ0) is 27.5. The Morgan fingerprint density at radius 3 is 2.44 bits per heavy atom. The minimum Gasteiger partial charge on any atom is -0.497 e. The summed E-state index contributed by atoms with van der Waals surface area (Å²) in [7, 11) is 1.58. The molecule has 0 bridgehead atoms. The lowest BCUT2D eigenvalue weighted by Crippen LogP contribution is -2.29.